The van der Waals surface area contributed by atoms with Crippen molar-refractivity contribution >= 4 is 16.7 Å². The van der Waals surface area contributed by atoms with Gasteiger partial charge in [0.15, 0.2) is 0 Å². The van der Waals surface area contributed by atoms with Crippen LogP contribution in [-0.2, 0) is 17.6 Å². The lowest BCUT2D eigenvalue weighted by Gasteiger charge is -2.17. The van der Waals surface area contributed by atoms with Crippen LogP contribution in [0.15, 0.2) is 60.7 Å². The van der Waals surface area contributed by atoms with Crippen molar-refractivity contribution in [2.24, 2.45) is 0 Å². The van der Waals surface area contributed by atoms with Crippen molar-refractivity contribution in [1.29, 1.82) is 0 Å². The van der Waals surface area contributed by atoms with E-state index in [2.05, 4.69) is 13.0 Å². The molecule has 1 atom stereocenters. The molecule has 0 saturated heterocycles. The van der Waals surface area contributed by atoms with Crippen molar-refractivity contribution < 1.29 is 14.6 Å². The van der Waals surface area contributed by atoms with Gasteiger partial charge in [-0.15, -0.1) is 0 Å². The van der Waals surface area contributed by atoms with Crippen LogP contribution < -0.4 is 4.74 Å². The van der Waals surface area contributed by atoms with Crippen LogP contribution in [0.1, 0.15) is 29.5 Å². The minimum atomic E-state index is -0.801. The largest absolute Gasteiger partial charge is 0.496 e. The van der Waals surface area contributed by atoms with Gasteiger partial charge < -0.3 is 9.84 Å². The molecule has 0 aliphatic carbocycles. The number of rotatable bonds is 6. The lowest BCUT2D eigenvalue weighted by molar-refractivity contribution is -0.138. The van der Waals surface area contributed by atoms with Gasteiger partial charge in [0.05, 0.1) is 13.0 Å². The Hall–Kier alpha value is -2.81. The van der Waals surface area contributed by atoms with Crippen LogP contribution in [0.25, 0.3) is 10.8 Å². The number of carbonyl (C=O) groups is 1. The molecule has 0 aromatic heterocycles. The van der Waals surface area contributed by atoms with Crippen LogP contribution in [0, 0.1) is 0 Å². The average molecular weight is 334 g/mol. The standard InChI is InChI=1S/C22H22O3/c1-3-16-13-15(11-12-21(16)25-2)14-20(22(23)24)19-10-6-8-17-7-4-5-9-18(17)19/h4-13,20H,3,14H2,1-2H3,(H,23,24). The van der Waals surface area contributed by atoms with E-state index in [4.69, 9.17) is 4.74 Å². The fraction of sp³-hybridized carbons (Fsp3) is 0.227. The second-order valence-electron chi connectivity index (χ2n) is 6.16. The molecule has 3 aromatic carbocycles. The Morgan fingerprint density at radius 1 is 1.08 bits per heavy atom. The molecular weight excluding hydrogens is 312 g/mol. The Labute approximate surface area is 147 Å². The number of methoxy groups -OCH3 is 1. The second kappa shape index (κ2) is 7.39. The zero-order valence-electron chi connectivity index (χ0n) is 14.5. The Bertz CT molecular complexity index is 893. The van der Waals surface area contributed by atoms with Crippen LogP contribution >= 0.6 is 0 Å². The molecule has 0 saturated carbocycles. The molecule has 0 spiro atoms. The maximum Gasteiger partial charge on any atom is 0.311 e. The highest BCUT2D eigenvalue weighted by Gasteiger charge is 2.22. The van der Waals surface area contributed by atoms with E-state index in [1.807, 2.05) is 54.6 Å². The van der Waals surface area contributed by atoms with E-state index >= 15 is 0 Å². The lowest BCUT2D eigenvalue weighted by Crippen LogP contribution is -2.15. The number of benzene rings is 3. The topological polar surface area (TPSA) is 46.5 Å². The van der Waals surface area contributed by atoms with Gasteiger partial charge in [-0.05, 0) is 46.4 Å². The van der Waals surface area contributed by atoms with E-state index in [1.54, 1.807) is 7.11 Å². The third-order valence-electron chi connectivity index (χ3n) is 4.66. The van der Waals surface area contributed by atoms with Crippen LogP contribution in [-0.4, -0.2) is 18.2 Å². The van der Waals surface area contributed by atoms with E-state index in [0.717, 1.165) is 39.6 Å². The summed E-state index contributed by atoms with van der Waals surface area (Å²) in [4.78, 5) is 12.0. The molecule has 25 heavy (non-hydrogen) atoms. The third kappa shape index (κ3) is 3.50. The summed E-state index contributed by atoms with van der Waals surface area (Å²) in [6.45, 7) is 2.07. The van der Waals surface area contributed by atoms with Crippen molar-refractivity contribution in [2.45, 2.75) is 25.7 Å². The third-order valence-corrected chi connectivity index (χ3v) is 4.66. The maximum absolute atomic E-state index is 12.0. The van der Waals surface area contributed by atoms with Crippen molar-refractivity contribution in [2.75, 3.05) is 7.11 Å². The van der Waals surface area contributed by atoms with Crippen molar-refractivity contribution in [3.63, 3.8) is 0 Å². The summed E-state index contributed by atoms with van der Waals surface area (Å²) in [6, 6.07) is 19.7. The smallest absolute Gasteiger partial charge is 0.311 e. The molecule has 3 rings (SSSR count). The molecule has 1 unspecified atom stereocenters. The molecule has 0 aliphatic heterocycles. The number of aryl methyl sites for hydroxylation is 1. The first-order valence-corrected chi connectivity index (χ1v) is 8.50. The first-order valence-electron chi connectivity index (χ1n) is 8.50. The highest BCUT2D eigenvalue weighted by molar-refractivity contribution is 5.90. The Morgan fingerprint density at radius 3 is 2.56 bits per heavy atom. The number of carboxylic acids is 1. The van der Waals surface area contributed by atoms with E-state index < -0.39 is 11.9 Å². The van der Waals surface area contributed by atoms with Gasteiger partial charge in [-0.3, -0.25) is 4.79 Å². The molecule has 0 bridgehead atoms. The van der Waals surface area contributed by atoms with Gasteiger partial charge in [0.25, 0.3) is 0 Å². The summed E-state index contributed by atoms with van der Waals surface area (Å²) >= 11 is 0. The number of aliphatic carboxylic acids is 1. The number of fused-ring (bicyclic) bond motifs is 1. The first-order chi connectivity index (χ1) is 12.1. The molecule has 3 aromatic rings. The monoisotopic (exact) mass is 334 g/mol. The Morgan fingerprint density at radius 2 is 1.84 bits per heavy atom. The van der Waals surface area contributed by atoms with Gasteiger partial charge in [0.2, 0.25) is 0 Å². The highest BCUT2D eigenvalue weighted by atomic mass is 16.5. The zero-order chi connectivity index (χ0) is 17.8. The van der Waals surface area contributed by atoms with E-state index in [0.29, 0.717) is 6.42 Å². The van der Waals surface area contributed by atoms with Crippen molar-refractivity contribution in [3.05, 3.63) is 77.4 Å². The van der Waals surface area contributed by atoms with Crippen molar-refractivity contribution in [1.82, 2.24) is 0 Å². The SMILES string of the molecule is CCc1cc(CC(C(=O)O)c2cccc3ccccc23)ccc1OC. The molecule has 0 amide bonds. The number of ether oxygens (including phenoxy) is 1. The summed E-state index contributed by atoms with van der Waals surface area (Å²) in [5.74, 6) is -0.530. The molecule has 0 aliphatic rings. The molecule has 3 heteroatoms. The molecule has 128 valence electrons. The van der Waals surface area contributed by atoms with E-state index in [-0.39, 0.29) is 0 Å². The van der Waals surface area contributed by atoms with Crippen LogP contribution in [0.3, 0.4) is 0 Å². The van der Waals surface area contributed by atoms with Crippen LogP contribution in [0.4, 0.5) is 0 Å². The van der Waals surface area contributed by atoms with Crippen LogP contribution in [0.2, 0.25) is 0 Å². The average Bonchev–Trinajstić information content (AvgIpc) is 2.65. The van der Waals surface area contributed by atoms with Gasteiger partial charge in [-0.2, -0.15) is 0 Å². The molecule has 0 fully saturated rings. The van der Waals surface area contributed by atoms with Gasteiger partial charge >= 0.3 is 5.97 Å². The minimum Gasteiger partial charge on any atom is -0.496 e. The minimum absolute atomic E-state index is 0.459. The fourth-order valence-corrected chi connectivity index (χ4v) is 3.36. The van der Waals surface area contributed by atoms with Crippen molar-refractivity contribution in [3.8, 4) is 5.75 Å². The van der Waals surface area contributed by atoms with Gasteiger partial charge in [0, 0.05) is 0 Å². The summed E-state index contributed by atoms with van der Waals surface area (Å²) in [6.07, 6.45) is 1.31. The van der Waals surface area contributed by atoms with Gasteiger partial charge in [-0.25, -0.2) is 0 Å². The molecule has 3 nitrogen and oxygen atoms in total. The predicted molar refractivity (Wildman–Crippen MR) is 100 cm³/mol. The Balaban J connectivity index is 2.01. The summed E-state index contributed by atoms with van der Waals surface area (Å²) in [5.41, 5.74) is 2.97. The maximum atomic E-state index is 12.0. The molecule has 0 heterocycles. The Kier molecular flexibility index (Phi) is 5.03. The zero-order valence-corrected chi connectivity index (χ0v) is 14.5. The quantitative estimate of drug-likeness (QED) is 0.703. The fourth-order valence-electron chi connectivity index (χ4n) is 3.36. The molecular formula is C22H22O3. The number of carboxylic acid groups (broad SMARTS) is 1. The summed E-state index contributed by atoms with van der Waals surface area (Å²) in [7, 11) is 1.66. The first kappa shape index (κ1) is 17.0. The van der Waals surface area contributed by atoms with Gasteiger partial charge in [-0.1, -0.05) is 61.5 Å². The normalized spacial score (nSPS) is 12.1. The highest BCUT2D eigenvalue weighted by Crippen LogP contribution is 2.30. The lowest BCUT2D eigenvalue weighted by atomic mass is 9.88. The second-order valence-corrected chi connectivity index (χ2v) is 6.16. The predicted octanol–water partition coefficient (Wildman–Crippen LogP) is 4.82. The van der Waals surface area contributed by atoms with E-state index in [1.165, 1.54) is 0 Å². The summed E-state index contributed by atoms with van der Waals surface area (Å²) in [5, 5.41) is 11.9. The summed E-state index contributed by atoms with van der Waals surface area (Å²) < 4.78 is 5.37. The van der Waals surface area contributed by atoms with Crippen LogP contribution in [0.5, 0.6) is 5.75 Å². The number of hydrogen-bond donors (Lipinski definition) is 1. The molecule has 1 N–H and O–H groups in total. The van der Waals surface area contributed by atoms with E-state index in [9.17, 15) is 9.90 Å². The number of hydrogen-bond acceptors (Lipinski definition) is 2. The molecule has 0 radical (unpaired) electrons. The van der Waals surface area contributed by atoms with Gasteiger partial charge in [0.1, 0.15) is 5.75 Å².